The van der Waals surface area contributed by atoms with Crippen molar-refractivity contribution in [3.05, 3.63) is 34.9 Å². The third kappa shape index (κ3) is 11.2. The van der Waals surface area contributed by atoms with Crippen molar-refractivity contribution in [3.63, 3.8) is 0 Å². The van der Waals surface area contributed by atoms with Crippen LogP contribution in [0.5, 0.6) is 0 Å². The van der Waals surface area contributed by atoms with Crippen LogP contribution >= 0.6 is 95.6 Å². The molecule has 1 rings (SSSR count). The molecule has 0 spiro atoms. The molecule has 0 fully saturated rings. The number of ether oxygens (including phenoxy) is 3. The number of hydrogen-bond donors (Lipinski definition) is 0. The summed E-state index contributed by atoms with van der Waals surface area (Å²) in [5.74, 6) is 0. The lowest BCUT2D eigenvalue weighted by Crippen LogP contribution is -2.07. The summed E-state index contributed by atoms with van der Waals surface area (Å²) >= 11 is 21.2. The van der Waals surface area contributed by atoms with Gasteiger partial charge in [0.2, 0.25) is 0 Å². The summed E-state index contributed by atoms with van der Waals surface area (Å²) in [4.78, 5) is 0. The zero-order chi connectivity index (χ0) is 20.1. The Morgan fingerprint density at radius 1 is 0.556 bits per heavy atom. The maximum absolute atomic E-state index is 5.90. The SMILES string of the molecule is BrCCCOC(Br)c1cc(C(Br)OCCCBr)cc(C(Br)OCCCBr)c1. The van der Waals surface area contributed by atoms with E-state index in [0.717, 1.165) is 51.9 Å². The number of halogens is 6. The minimum absolute atomic E-state index is 0.181. The van der Waals surface area contributed by atoms with Gasteiger partial charge in [-0.25, -0.2) is 0 Å². The average molecular weight is 768 g/mol. The number of rotatable bonds is 15. The van der Waals surface area contributed by atoms with Gasteiger partial charge in [0.1, 0.15) is 15.0 Å². The molecule has 0 bridgehead atoms. The standard InChI is InChI=1S/C18H24Br6O3/c19-4-1-7-25-16(22)13-10-14(17(23)26-8-2-5-20)12-15(11-13)18(24)27-9-3-6-21/h10-12,16-18H,1-9H2. The molecule has 1 aromatic carbocycles. The molecule has 156 valence electrons. The van der Waals surface area contributed by atoms with E-state index in [-0.39, 0.29) is 15.0 Å². The first-order valence-electron chi connectivity index (χ1n) is 8.63. The van der Waals surface area contributed by atoms with E-state index in [1.54, 1.807) is 0 Å². The fraction of sp³-hybridized carbons (Fsp3) is 0.667. The van der Waals surface area contributed by atoms with E-state index in [2.05, 4.69) is 114 Å². The van der Waals surface area contributed by atoms with Gasteiger partial charge in [-0.1, -0.05) is 95.6 Å². The van der Waals surface area contributed by atoms with Crippen LogP contribution in [-0.2, 0) is 14.2 Å². The van der Waals surface area contributed by atoms with Crippen LogP contribution in [-0.4, -0.2) is 35.8 Å². The Morgan fingerprint density at radius 3 is 1.04 bits per heavy atom. The Hall–Kier alpha value is 1.98. The fourth-order valence-corrected chi connectivity index (χ4v) is 4.15. The van der Waals surface area contributed by atoms with Crippen LogP contribution in [0.2, 0.25) is 0 Å². The van der Waals surface area contributed by atoms with Gasteiger partial charge in [0.25, 0.3) is 0 Å². The zero-order valence-electron chi connectivity index (χ0n) is 14.8. The van der Waals surface area contributed by atoms with Crippen molar-refractivity contribution in [2.45, 2.75) is 34.3 Å². The van der Waals surface area contributed by atoms with Crippen LogP contribution < -0.4 is 0 Å². The van der Waals surface area contributed by atoms with Crippen LogP contribution in [0.3, 0.4) is 0 Å². The van der Waals surface area contributed by atoms with Crippen molar-refractivity contribution in [2.24, 2.45) is 0 Å². The lowest BCUT2D eigenvalue weighted by Gasteiger charge is -2.20. The highest BCUT2D eigenvalue weighted by molar-refractivity contribution is 9.10. The monoisotopic (exact) mass is 762 g/mol. The van der Waals surface area contributed by atoms with Crippen LogP contribution in [0.15, 0.2) is 18.2 Å². The third-order valence-electron chi connectivity index (χ3n) is 3.41. The molecule has 0 saturated heterocycles. The van der Waals surface area contributed by atoms with E-state index in [1.807, 2.05) is 0 Å². The average Bonchev–Trinajstić information content (AvgIpc) is 2.67. The lowest BCUT2D eigenvalue weighted by atomic mass is 10.1. The van der Waals surface area contributed by atoms with Crippen LogP contribution in [0.4, 0.5) is 0 Å². The summed E-state index contributed by atoms with van der Waals surface area (Å²) in [6, 6.07) is 6.30. The first kappa shape index (κ1) is 27.0. The normalized spacial score (nSPS) is 14.9. The van der Waals surface area contributed by atoms with Gasteiger partial charge in [-0.05, 0) is 54.2 Å². The molecule has 0 saturated carbocycles. The van der Waals surface area contributed by atoms with E-state index in [4.69, 9.17) is 14.2 Å². The van der Waals surface area contributed by atoms with Gasteiger partial charge in [0, 0.05) is 35.8 Å². The van der Waals surface area contributed by atoms with Crippen molar-refractivity contribution in [1.29, 1.82) is 0 Å². The summed E-state index contributed by atoms with van der Waals surface area (Å²) < 4.78 is 17.7. The quantitative estimate of drug-likeness (QED) is 0.133. The predicted molar refractivity (Wildman–Crippen MR) is 135 cm³/mol. The smallest absolute Gasteiger partial charge is 0.137 e. The maximum Gasteiger partial charge on any atom is 0.137 e. The van der Waals surface area contributed by atoms with E-state index < -0.39 is 0 Å². The molecule has 0 amide bonds. The first-order chi connectivity index (χ1) is 13.0. The van der Waals surface area contributed by atoms with Gasteiger partial charge < -0.3 is 14.2 Å². The van der Waals surface area contributed by atoms with E-state index in [0.29, 0.717) is 19.8 Å². The van der Waals surface area contributed by atoms with E-state index in [9.17, 15) is 0 Å². The number of benzene rings is 1. The number of alkyl halides is 6. The minimum atomic E-state index is -0.181. The van der Waals surface area contributed by atoms with Crippen molar-refractivity contribution in [1.82, 2.24) is 0 Å². The molecular weight excluding hydrogens is 744 g/mol. The minimum Gasteiger partial charge on any atom is -0.362 e. The van der Waals surface area contributed by atoms with Gasteiger partial charge in [-0.15, -0.1) is 0 Å². The molecule has 0 aliphatic carbocycles. The molecule has 3 nitrogen and oxygen atoms in total. The van der Waals surface area contributed by atoms with Crippen LogP contribution in [0.25, 0.3) is 0 Å². The molecule has 0 aliphatic rings. The highest BCUT2D eigenvalue weighted by atomic mass is 79.9. The topological polar surface area (TPSA) is 27.7 Å². The Bertz CT molecular complexity index is 436. The molecule has 9 heteroatoms. The summed E-state index contributed by atoms with van der Waals surface area (Å²) in [7, 11) is 0. The maximum atomic E-state index is 5.90. The summed E-state index contributed by atoms with van der Waals surface area (Å²) in [6.45, 7) is 2.04. The lowest BCUT2D eigenvalue weighted by molar-refractivity contribution is 0.111. The third-order valence-corrected chi connectivity index (χ3v) is 7.47. The van der Waals surface area contributed by atoms with Crippen molar-refractivity contribution in [3.8, 4) is 0 Å². The van der Waals surface area contributed by atoms with E-state index in [1.165, 1.54) is 0 Å². The Morgan fingerprint density at radius 2 is 0.815 bits per heavy atom. The summed E-state index contributed by atoms with van der Waals surface area (Å²) in [6.07, 6.45) is 2.88. The molecule has 0 aliphatic heterocycles. The van der Waals surface area contributed by atoms with Crippen molar-refractivity contribution in [2.75, 3.05) is 35.8 Å². The van der Waals surface area contributed by atoms with Crippen molar-refractivity contribution < 1.29 is 14.2 Å². The number of hydrogen-bond acceptors (Lipinski definition) is 3. The highest BCUT2D eigenvalue weighted by Gasteiger charge is 2.18. The first-order valence-corrected chi connectivity index (χ1v) is 14.7. The molecule has 27 heavy (non-hydrogen) atoms. The molecular formula is C18H24Br6O3. The summed E-state index contributed by atoms with van der Waals surface area (Å²) in [5.41, 5.74) is 3.12. The van der Waals surface area contributed by atoms with Crippen LogP contribution in [0, 0.1) is 0 Å². The second-order valence-electron chi connectivity index (χ2n) is 5.62. The predicted octanol–water partition coefficient (Wildman–Crippen LogP) is 8.27. The van der Waals surface area contributed by atoms with Gasteiger partial charge in [-0.2, -0.15) is 0 Å². The van der Waals surface area contributed by atoms with Gasteiger partial charge in [0.05, 0.1) is 0 Å². The van der Waals surface area contributed by atoms with Gasteiger partial charge in [-0.3, -0.25) is 0 Å². The van der Waals surface area contributed by atoms with E-state index >= 15 is 0 Å². The van der Waals surface area contributed by atoms with Crippen molar-refractivity contribution >= 4 is 95.6 Å². The Kier molecular flexibility index (Phi) is 16.7. The molecule has 3 unspecified atom stereocenters. The molecule has 0 N–H and O–H groups in total. The fourth-order valence-electron chi connectivity index (χ4n) is 2.11. The second-order valence-corrected chi connectivity index (χ2v) is 10.5. The molecule has 0 aromatic heterocycles. The molecule has 3 atom stereocenters. The Balaban J connectivity index is 2.95. The molecule has 0 radical (unpaired) electrons. The van der Waals surface area contributed by atoms with Gasteiger partial charge >= 0.3 is 0 Å². The summed E-state index contributed by atoms with van der Waals surface area (Å²) in [5, 5.41) is 2.23. The second kappa shape index (κ2) is 16.6. The highest BCUT2D eigenvalue weighted by Crippen LogP contribution is 2.35. The largest absolute Gasteiger partial charge is 0.362 e. The molecule has 1 aromatic rings. The molecule has 0 heterocycles. The Labute approximate surface area is 212 Å². The van der Waals surface area contributed by atoms with Crippen LogP contribution in [0.1, 0.15) is 51.0 Å². The van der Waals surface area contributed by atoms with Gasteiger partial charge in [0.15, 0.2) is 0 Å². The zero-order valence-corrected chi connectivity index (χ0v) is 24.3.